The number of carboxylic acids is 1. The van der Waals surface area contributed by atoms with Gasteiger partial charge in [-0.25, -0.2) is 0 Å². The average molecular weight is 202 g/mol. The third kappa shape index (κ3) is 1.69. The van der Waals surface area contributed by atoms with Crippen LogP contribution in [0.25, 0.3) is 0 Å². The highest BCUT2D eigenvalue weighted by Crippen LogP contribution is 2.23. The summed E-state index contributed by atoms with van der Waals surface area (Å²) < 4.78 is 0. The van der Waals surface area contributed by atoms with Crippen LogP contribution in [0, 0.1) is 11.3 Å². The van der Waals surface area contributed by atoms with Gasteiger partial charge < -0.3 is 10.4 Å². The topological polar surface area (TPSA) is 73.1 Å². The molecule has 0 aromatic heterocycles. The van der Waals surface area contributed by atoms with Crippen molar-refractivity contribution in [3.05, 3.63) is 34.9 Å². The van der Waals surface area contributed by atoms with E-state index in [0.29, 0.717) is 12.1 Å². The highest BCUT2D eigenvalue weighted by molar-refractivity contribution is 5.76. The fraction of sp³-hybridized carbons (Fsp3) is 0.273. The predicted octanol–water partition coefficient (Wildman–Crippen LogP) is 0.830. The fourth-order valence-electron chi connectivity index (χ4n) is 1.85. The molecule has 0 saturated carbocycles. The van der Waals surface area contributed by atoms with Gasteiger partial charge in [0.25, 0.3) is 0 Å². The van der Waals surface area contributed by atoms with Gasteiger partial charge in [0, 0.05) is 6.54 Å². The number of carbonyl (C=O) groups is 1. The molecular formula is C11H10N2O2. The smallest absolute Gasteiger partial charge is 0.325 e. The van der Waals surface area contributed by atoms with Gasteiger partial charge in [-0.05, 0) is 29.7 Å². The van der Waals surface area contributed by atoms with Gasteiger partial charge in [-0.15, -0.1) is 0 Å². The zero-order valence-corrected chi connectivity index (χ0v) is 8.03. The van der Waals surface area contributed by atoms with Crippen molar-refractivity contribution in [1.82, 2.24) is 5.32 Å². The Morgan fingerprint density at radius 3 is 3.07 bits per heavy atom. The van der Waals surface area contributed by atoms with Crippen LogP contribution in [0.2, 0.25) is 0 Å². The first-order valence-corrected chi connectivity index (χ1v) is 4.71. The first-order chi connectivity index (χ1) is 7.22. The molecule has 0 fully saturated rings. The Balaban J connectivity index is 2.46. The van der Waals surface area contributed by atoms with Crippen molar-refractivity contribution in [1.29, 1.82) is 5.26 Å². The Morgan fingerprint density at radius 1 is 1.60 bits per heavy atom. The lowest BCUT2D eigenvalue weighted by Gasteiger charge is -2.23. The SMILES string of the molecule is N#Cc1ccc2c(c1)CCNC2C(=O)O. The van der Waals surface area contributed by atoms with Crippen LogP contribution in [0.1, 0.15) is 22.7 Å². The number of nitrogens with zero attached hydrogens (tertiary/aromatic N) is 1. The molecule has 0 spiro atoms. The molecule has 15 heavy (non-hydrogen) atoms. The summed E-state index contributed by atoms with van der Waals surface area (Å²) in [5.41, 5.74) is 2.31. The predicted molar refractivity (Wildman–Crippen MR) is 53.2 cm³/mol. The monoisotopic (exact) mass is 202 g/mol. The first-order valence-electron chi connectivity index (χ1n) is 4.71. The second-order valence-electron chi connectivity index (χ2n) is 3.50. The quantitative estimate of drug-likeness (QED) is 0.707. The van der Waals surface area contributed by atoms with Crippen LogP contribution in [0.3, 0.4) is 0 Å². The molecule has 1 aromatic rings. The Hall–Kier alpha value is -1.86. The third-order valence-electron chi connectivity index (χ3n) is 2.57. The third-order valence-corrected chi connectivity index (χ3v) is 2.57. The lowest BCUT2D eigenvalue weighted by Crippen LogP contribution is -2.35. The maximum absolute atomic E-state index is 10.9. The summed E-state index contributed by atoms with van der Waals surface area (Å²) >= 11 is 0. The van der Waals surface area contributed by atoms with Crippen LogP contribution < -0.4 is 5.32 Å². The summed E-state index contributed by atoms with van der Waals surface area (Å²) in [7, 11) is 0. The van der Waals surface area contributed by atoms with E-state index in [1.165, 1.54) is 0 Å². The maximum atomic E-state index is 10.9. The standard InChI is InChI=1S/C11H10N2O2/c12-6-7-1-2-9-8(5-7)3-4-13-10(9)11(14)15/h1-2,5,10,13H,3-4H2,(H,14,15). The summed E-state index contributed by atoms with van der Waals surface area (Å²) in [6, 6.07) is 6.56. The number of hydrogen-bond acceptors (Lipinski definition) is 3. The number of carboxylic acid groups (broad SMARTS) is 1. The molecule has 0 saturated heterocycles. The molecule has 1 heterocycles. The molecule has 1 atom stereocenters. The summed E-state index contributed by atoms with van der Waals surface area (Å²) in [5, 5.41) is 20.6. The van der Waals surface area contributed by atoms with E-state index in [9.17, 15) is 4.79 Å². The van der Waals surface area contributed by atoms with E-state index in [-0.39, 0.29) is 0 Å². The molecule has 1 aliphatic rings. The van der Waals surface area contributed by atoms with E-state index in [1.54, 1.807) is 18.2 Å². The number of rotatable bonds is 1. The number of fused-ring (bicyclic) bond motifs is 1. The van der Waals surface area contributed by atoms with Gasteiger partial charge in [0.1, 0.15) is 6.04 Å². The molecule has 1 unspecified atom stereocenters. The van der Waals surface area contributed by atoms with Crippen LogP contribution in [-0.2, 0) is 11.2 Å². The van der Waals surface area contributed by atoms with Gasteiger partial charge in [0.15, 0.2) is 0 Å². The van der Waals surface area contributed by atoms with Gasteiger partial charge in [-0.3, -0.25) is 4.79 Å². The summed E-state index contributed by atoms with van der Waals surface area (Å²) in [6.45, 7) is 0.638. The minimum Gasteiger partial charge on any atom is -0.480 e. The van der Waals surface area contributed by atoms with Crippen molar-refractivity contribution in [2.75, 3.05) is 6.54 Å². The van der Waals surface area contributed by atoms with E-state index in [0.717, 1.165) is 17.5 Å². The average Bonchev–Trinajstić information content (AvgIpc) is 2.27. The van der Waals surface area contributed by atoms with Crippen LogP contribution >= 0.6 is 0 Å². The van der Waals surface area contributed by atoms with Gasteiger partial charge in [-0.2, -0.15) is 5.26 Å². The first kappa shape index (κ1) is 9.69. The van der Waals surface area contributed by atoms with Crippen LogP contribution in [-0.4, -0.2) is 17.6 Å². The van der Waals surface area contributed by atoms with Gasteiger partial charge in [0.05, 0.1) is 11.6 Å². The minimum absolute atomic E-state index is 0.583. The van der Waals surface area contributed by atoms with Crippen molar-refractivity contribution in [2.45, 2.75) is 12.5 Å². The van der Waals surface area contributed by atoms with Crippen molar-refractivity contribution in [2.24, 2.45) is 0 Å². The maximum Gasteiger partial charge on any atom is 0.325 e. The molecule has 2 rings (SSSR count). The Morgan fingerprint density at radius 2 is 2.40 bits per heavy atom. The van der Waals surface area contributed by atoms with Gasteiger partial charge >= 0.3 is 5.97 Å². The fourth-order valence-corrected chi connectivity index (χ4v) is 1.85. The molecule has 4 nitrogen and oxygen atoms in total. The molecule has 2 N–H and O–H groups in total. The number of hydrogen-bond donors (Lipinski definition) is 2. The summed E-state index contributed by atoms with van der Waals surface area (Å²) in [5.74, 6) is -0.874. The van der Waals surface area contributed by atoms with Crippen molar-refractivity contribution < 1.29 is 9.90 Å². The molecule has 0 aliphatic carbocycles. The number of aliphatic carboxylic acids is 1. The lowest BCUT2D eigenvalue weighted by atomic mass is 9.93. The van der Waals surface area contributed by atoms with E-state index in [1.807, 2.05) is 0 Å². The highest BCUT2D eigenvalue weighted by Gasteiger charge is 2.25. The van der Waals surface area contributed by atoms with E-state index in [4.69, 9.17) is 10.4 Å². The van der Waals surface area contributed by atoms with Crippen molar-refractivity contribution >= 4 is 5.97 Å². The molecule has 0 amide bonds. The number of benzene rings is 1. The van der Waals surface area contributed by atoms with E-state index >= 15 is 0 Å². The summed E-state index contributed by atoms with van der Waals surface area (Å²) in [6.07, 6.45) is 0.772. The zero-order chi connectivity index (χ0) is 10.8. The van der Waals surface area contributed by atoms with Gasteiger partial charge in [-0.1, -0.05) is 6.07 Å². The molecular weight excluding hydrogens is 192 g/mol. The van der Waals surface area contributed by atoms with Crippen LogP contribution in [0.5, 0.6) is 0 Å². The van der Waals surface area contributed by atoms with Crippen molar-refractivity contribution in [3.63, 3.8) is 0 Å². The Labute approximate surface area is 87.1 Å². The molecule has 76 valence electrons. The lowest BCUT2D eigenvalue weighted by molar-refractivity contribution is -0.139. The van der Waals surface area contributed by atoms with Crippen molar-refractivity contribution in [3.8, 4) is 6.07 Å². The molecule has 0 bridgehead atoms. The molecule has 4 heteroatoms. The zero-order valence-electron chi connectivity index (χ0n) is 8.03. The van der Waals surface area contributed by atoms with E-state index < -0.39 is 12.0 Å². The number of nitrogens with one attached hydrogen (secondary N) is 1. The normalized spacial score (nSPS) is 19.0. The van der Waals surface area contributed by atoms with Crippen LogP contribution in [0.15, 0.2) is 18.2 Å². The molecule has 0 radical (unpaired) electrons. The molecule has 1 aliphatic heterocycles. The molecule has 1 aromatic carbocycles. The van der Waals surface area contributed by atoms with Gasteiger partial charge in [0.2, 0.25) is 0 Å². The Bertz CT molecular complexity index is 448. The van der Waals surface area contributed by atoms with Crippen LogP contribution in [0.4, 0.5) is 0 Å². The summed E-state index contributed by atoms with van der Waals surface area (Å²) in [4.78, 5) is 10.9. The second-order valence-corrected chi connectivity index (χ2v) is 3.50. The minimum atomic E-state index is -0.874. The Kier molecular flexibility index (Phi) is 2.40. The van der Waals surface area contributed by atoms with E-state index in [2.05, 4.69) is 11.4 Å². The largest absolute Gasteiger partial charge is 0.480 e. The highest BCUT2D eigenvalue weighted by atomic mass is 16.4. The second kappa shape index (κ2) is 3.71. The number of nitriles is 1.